The fourth-order valence-electron chi connectivity index (χ4n) is 0.925. The van der Waals surface area contributed by atoms with Gasteiger partial charge in [-0.2, -0.15) is 5.11 Å². The van der Waals surface area contributed by atoms with E-state index in [2.05, 4.69) is 24.3 Å². The molecule has 4 heteroatoms. The zero-order valence-electron chi connectivity index (χ0n) is 9.41. The highest BCUT2D eigenvalue weighted by Crippen LogP contribution is 2.12. The van der Waals surface area contributed by atoms with Gasteiger partial charge in [0.25, 0.3) is 0 Å². The van der Waals surface area contributed by atoms with Gasteiger partial charge in [0, 0.05) is 12.7 Å². The fourth-order valence-corrected chi connectivity index (χ4v) is 0.925. The summed E-state index contributed by atoms with van der Waals surface area (Å²) in [5, 5.41) is 16.0. The lowest BCUT2D eigenvalue weighted by Crippen LogP contribution is -2.20. The zero-order chi connectivity index (χ0) is 11.1. The summed E-state index contributed by atoms with van der Waals surface area (Å²) in [6.45, 7) is 8.80. The largest absolute Gasteiger partial charge is 0.389 e. The highest BCUT2D eigenvalue weighted by Gasteiger charge is 2.14. The standard InChI is InChI=1S/C10H21N3O/c1-7(2)5-12-6-9(13-11)10(14)8(3)4/h6-8,10-12,14H,5H2,1-4H3/b9-6-,13-11?. The molecule has 0 saturated heterocycles. The van der Waals surface area contributed by atoms with Crippen molar-refractivity contribution in [2.45, 2.75) is 33.8 Å². The lowest BCUT2D eigenvalue weighted by molar-refractivity contribution is 0.157. The lowest BCUT2D eigenvalue weighted by Gasteiger charge is -2.14. The molecule has 0 spiro atoms. The van der Waals surface area contributed by atoms with Gasteiger partial charge >= 0.3 is 0 Å². The summed E-state index contributed by atoms with van der Waals surface area (Å²) in [5.74, 6) is 0.616. The van der Waals surface area contributed by atoms with Crippen molar-refractivity contribution in [3.05, 3.63) is 11.9 Å². The van der Waals surface area contributed by atoms with Crippen molar-refractivity contribution >= 4 is 0 Å². The Hall–Kier alpha value is -0.900. The molecule has 0 radical (unpaired) electrons. The van der Waals surface area contributed by atoms with Gasteiger partial charge in [-0.25, -0.2) is 5.53 Å². The van der Waals surface area contributed by atoms with Crippen LogP contribution in [0.15, 0.2) is 17.0 Å². The van der Waals surface area contributed by atoms with Gasteiger partial charge < -0.3 is 10.4 Å². The summed E-state index contributed by atoms with van der Waals surface area (Å²) < 4.78 is 0. The minimum Gasteiger partial charge on any atom is -0.389 e. The Morgan fingerprint density at radius 3 is 2.36 bits per heavy atom. The van der Waals surface area contributed by atoms with Crippen LogP contribution in [0.4, 0.5) is 0 Å². The number of hydrogen-bond donors (Lipinski definition) is 3. The van der Waals surface area contributed by atoms with Crippen LogP contribution in [0.5, 0.6) is 0 Å². The predicted molar refractivity (Wildman–Crippen MR) is 56.9 cm³/mol. The SMILES string of the molecule is CC(C)CN/C=C(\N=N)C(O)C(C)C. The molecule has 0 bridgehead atoms. The van der Waals surface area contributed by atoms with Crippen LogP contribution in [0.2, 0.25) is 0 Å². The molecule has 0 amide bonds. The molecule has 1 unspecified atom stereocenters. The molecule has 0 aromatic heterocycles. The van der Waals surface area contributed by atoms with E-state index in [0.717, 1.165) is 6.54 Å². The Labute approximate surface area is 85.9 Å². The summed E-state index contributed by atoms with van der Waals surface area (Å²) in [7, 11) is 0. The van der Waals surface area contributed by atoms with Gasteiger partial charge in [0.2, 0.25) is 0 Å². The van der Waals surface area contributed by atoms with Crippen LogP contribution >= 0.6 is 0 Å². The Morgan fingerprint density at radius 1 is 1.43 bits per heavy atom. The van der Waals surface area contributed by atoms with E-state index in [4.69, 9.17) is 5.53 Å². The third-order valence-corrected chi connectivity index (χ3v) is 1.84. The van der Waals surface area contributed by atoms with Gasteiger partial charge in [-0.1, -0.05) is 27.7 Å². The van der Waals surface area contributed by atoms with Crippen LogP contribution in [0.25, 0.3) is 0 Å². The summed E-state index contributed by atoms with van der Waals surface area (Å²) in [4.78, 5) is 0. The van der Waals surface area contributed by atoms with E-state index in [1.165, 1.54) is 0 Å². The van der Waals surface area contributed by atoms with Gasteiger partial charge in [0.15, 0.2) is 0 Å². The molecule has 0 fully saturated rings. The van der Waals surface area contributed by atoms with E-state index in [1.807, 2.05) is 13.8 Å². The summed E-state index contributed by atoms with van der Waals surface area (Å²) in [6, 6.07) is 0. The Balaban J connectivity index is 4.18. The van der Waals surface area contributed by atoms with Crippen LogP contribution < -0.4 is 5.32 Å². The second kappa shape index (κ2) is 6.54. The lowest BCUT2D eigenvalue weighted by atomic mass is 10.1. The first-order valence-electron chi connectivity index (χ1n) is 4.98. The first kappa shape index (κ1) is 13.1. The van der Waals surface area contributed by atoms with Crippen LogP contribution in [-0.4, -0.2) is 17.8 Å². The van der Waals surface area contributed by atoms with E-state index in [9.17, 15) is 5.11 Å². The van der Waals surface area contributed by atoms with Crippen molar-refractivity contribution < 1.29 is 5.11 Å². The van der Waals surface area contributed by atoms with E-state index in [0.29, 0.717) is 11.6 Å². The summed E-state index contributed by atoms with van der Waals surface area (Å²) in [5.41, 5.74) is 7.32. The van der Waals surface area contributed by atoms with Gasteiger partial charge in [-0.3, -0.25) is 0 Å². The first-order valence-corrected chi connectivity index (χ1v) is 4.98. The van der Waals surface area contributed by atoms with E-state index >= 15 is 0 Å². The summed E-state index contributed by atoms with van der Waals surface area (Å²) in [6.07, 6.45) is 0.963. The normalized spacial score (nSPS) is 14.6. The van der Waals surface area contributed by atoms with Crippen molar-refractivity contribution in [2.24, 2.45) is 17.0 Å². The first-order chi connectivity index (χ1) is 6.49. The van der Waals surface area contributed by atoms with Gasteiger partial charge in [-0.15, -0.1) is 0 Å². The van der Waals surface area contributed by atoms with Gasteiger partial charge in [0.05, 0.1) is 0 Å². The van der Waals surface area contributed by atoms with Crippen molar-refractivity contribution in [3.8, 4) is 0 Å². The second-order valence-electron chi connectivity index (χ2n) is 4.17. The molecule has 1 atom stereocenters. The number of rotatable bonds is 6. The molecule has 0 aromatic carbocycles. The van der Waals surface area contributed by atoms with Crippen molar-refractivity contribution in [1.29, 1.82) is 5.53 Å². The molecule has 14 heavy (non-hydrogen) atoms. The van der Waals surface area contributed by atoms with Crippen LogP contribution in [0, 0.1) is 17.4 Å². The highest BCUT2D eigenvalue weighted by molar-refractivity contribution is 5.04. The molecular weight excluding hydrogens is 178 g/mol. The van der Waals surface area contributed by atoms with Crippen molar-refractivity contribution in [1.82, 2.24) is 5.32 Å². The van der Waals surface area contributed by atoms with E-state index in [-0.39, 0.29) is 5.92 Å². The van der Waals surface area contributed by atoms with Crippen molar-refractivity contribution in [3.63, 3.8) is 0 Å². The molecule has 0 aromatic rings. The molecule has 0 aliphatic carbocycles. The molecular formula is C10H21N3O. The minimum atomic E-state index is -0.660. The van der Waals surface area contributed by atoms with Crippen LogP contribution in [-0.2, 0) is 0 Å². The molecule has 0 rings (SSSR count). The number of aliphatic hydroxyl groups excluding tert-OH is 1. The molecule has 82 valence electrons. The second-order valence-corrected chi connectivity index (χ2v) is 4.17. The molecule has 0 heterocycles. The number of hydrogen-bond acceptors (Lipinski definition) is 4. The molecule has 3 N–H and O–H groups in total. The topological polar surface area (TPSA) is 68.5 Å². The zero-order valence-corrected chi connectivity index (χ0v) is 9.41. The maximum atomic E-state index is 9.63. The van der Waals surface area contributed by atoms with E-state index in [1.54, 1.807) is 6.20 Å². The smallest absolute Gasteiger partial charge is 0.107 e. The van der Waals surface area contributed by atoms with Gasteiger partial charge in [0.1, 0.15) is 11.8 Å². The third kappa shape index (κ3) is 4.97. The van der Waals surface area contributed by atoms with Crippen LogP contribution in [0.3, 0.4) is 0 Å². The highest BCUT2D eigenvalue weighted by atomic mass is 16.3. The van der Waals surface area contributed by atoms with Crippen LogP contribution in [0.1, 0.15) is 27.7 Å². The maximum absolute atomic E-state index is 9.63. The monoisotopic (exact) mass is 199 g/mol. The number of nitrogens with zero attached hydrogens (tertiary/aromatic N) is 1. The fraction of sp³-hybridized carbons (Fsp3) is 0.800. The molecule has 0 saturated carbocycles. The van der Waals surface area contributed by atoms with Gasteiger partial charge in [-0.05, 0) is 11.8 Å². The number of nitrogens with one attached hydrogen (secondary N) is 2. The Morgan fingerprint density at radius 2 is 2.00 bits per heavy atom. The summed E-state index contributed by atoms with van der Waals surface area (Å²) >= 11 is 0. The molecule has 4 nitrogen and oxygen atoms in total. The molecule has 0 aliphatic heterocycles. The predicted octanol–water partition coefficient (Wildman–Crippen LogP) is 2.12. The van der Waals surface area contributed by atoms with E-state index < -0.39 is 6.10 Å². The average Bonchev–Trinajstić information content (AvgIpc) is 2.10. The maximum Gasteiger partial charge on any atom is 0.107 e. The van der Waals surface area contributed by atoms with Crippen molar-refractivity contribution in [2.75, 3.05) is 6.54 Å². The Bertz CT molecular complexity index is 200. The molecule has 0 aliphatic rings. The average molecular weight is 199 g/mol. The third-order valence-electron chi connectivity index (χ3n) is 1.84. The minimum absolute atomic E-state index is 0.0798. The quantitative estimate of drug-likeness (QED) is 0.573. The Kier molecular flexibility index (Phi) is 6.12. The number of aliphatic hydroxyl groups is 1.